The van der Waals surface area contributed by atoms with Crippen molar-refractivity contribution in [2.75, 3.05) is 19.7 Å². The Hall–Kier alpha value is -1.10. The van der Waals surface area contributed by atoms with Gasteiger partial charge in [-0.05, 0) is 19.8 Å². The van der Waals surface area contributed by atoms with E-state index in [9.17, 15) is 9.59 Å². The first-order valence-electron chi connectivity index (χ1n) is 5.40. The van der Waals surface area contributed by atoms with E-state index < -0.39 is 0 Å². The minimum Gasteiger partial charge on any atom is -0.368 e. The van der Waals surface area contributed by atoms with Gasteiger partial charge < -0.3 is 15.0 Å². The summed E-state index contributed by atoms with van der Waals surface area (Å²) in [6.07, 6.45) is 1.40. The van der Waals surface area contributed by atoms with Crippen molar-refractivity contribution < 1.29 is 14.3 Å². The lowest BCUT2D eigenvalue weighted by molar-refractivity contribution is -0.149. The first-order valence-corrected chi connectivity index (χ1v) is 5.40. The van der Waals surface area contributed by atoms with E-state index in [1.165, 1.54) is 0 Å². The molecule has 0 saturated carbocycles. The summed E-state index contributed by atoms with van der Waals surface area (Å²) < 4.78 is 5.33. The number of piperazine rings is 1. The Morgan fingerprint density at radius 1 is 1.60 bits per heavy atom. The SMILES string of the molecule is C[C@H]1C(=O)NCCN1C(=O)[C@H]1CCCO1. The van der Waals surface area contributed by atoms with Crippen LogP contribution in [-0.2, 0) is 14.3 Å². The first kappa shape index (κ1) is 10.4. The summed E-state index contributed by atoms with van der Waals surface area (Å²) in [5.74, 6) is -0.109. The van der Waals surface area contributed by atoms with E-state index in [1.54, 1.807) is 11.8 Å². The van der Waals surface area contributed by atoms with Gasteiger partial charge in [-0.2, -0.15) is 0 Å². The summed E-state index contributed by atoms with van der Waals surface area (Å²) in [4.78, 5) is 25.0. The molecule has 0 aromatic heterocycles. The summed E-state index contributed by atoms with van der Waals surface area (Å²) >= 11 is 0. The first-order chi connectivity index (χ1) is 7.20. The number of hydrogen-bond acceptors (Lipinski definition) is 3. The summed E-state index contributed by atoms with van der Waals surface area (Å²) in [5.41, 5.74) is 0. The van der Waals surface area contributed by atoms with Crippen molar-refractivity contribution in [1.29, 1.82) is 0 Å². The predicted octanol–water partition coefficient (Wildman–Crippen LogP) is -0.488. The molecule has 0 spiro atoms. The summed E-state index contributed by atoms with van der Waals surface area (Å²) in [6, 6.07) is -0.365. The molecule has 2 aliphatic heterocycles. The van der Waals surface area contributed by atoms with E-state index in [0.717, 1.165) is 12.8 Å². The molecule has 0 radical (unpaired) electrons. The van der Waals surface area contributed by atoms with E-state index in [-0.39, 0.29) is 24.0 Å². The molecule has 0 aliphatic carbocycles. The van der Waals surface area contributed by atoms with Crippen molar-refractivity contribution in [2.24, 2.45) is 0 Å². The zero-order valence-corrected chi connectivity index (χ0v) is 8.86. The Labute approximate surface area is 88.8 Å². The number of nitrogens with zero attached hydrogens (tertiary/aromatic N) is 1. The van der Waals surface area contributed by atoms with Gasteiger partial charge in [-0.25, -0.2) is 0 Å². The van der Waals surface area contributed by atoms with Gasteiger partial charge in [0.2, 0.25) is 5.91 Å². The average Bonchev–Trinajstić information content (AvgIpc) is 2.74. The monoisotopic (exact) mass is 212 g/mol. The van der Waals surface area contributed by atoms with E-state index in [1.807, 2.05) is 0 Å². The standard InChI is InChI=1S/C10H16N2O3/c1-7-9(13)11-4-5-12(7)10(14)8-3-2-6-15-8/h7-8H,2-6H2,1H3,(H,11,13)/t7-,8+/m0/s1. The van der Waals surface area contributed by atoms with Crippen LogP contribution < -0.4 is 5.32 Å². The fourth-order valence-corrected chi connectivity index (χ4v) is 2.04. The third-order valence-electron chi connectivity index (χ3n) is 2.99. The third kappa shape index (κ3) is 1.97. The Kier molecular flexibility index (Phi) is 2.90. The molecule has 2 saturated heterocycles. The van der Waals surface area contributed by atoms with Gasteiger partial charge in [0.15, 0.2) is 0 Å². The van der Waals surface area contributed by atoms with Crippen LogP contribution in [0.3, 0.4) is 0 Å². The average molecular weight is 212 g/mol. The van der Waals surface area contributed by atoms with E-state index in [4.69, 9.17) is 4.74 Å². The van der Waals surface area contributed by atoms with Crippen LogP contribution in [0.2, 0.25) is 0 Å². The van der Waals surface area contributed by atoms with Crippen molar-refractivity contribution in [2.45, 2.75) is 31.9 Å². The number of ether oxygens (including phenoxy) is 1. The minimum atomic E-state index is -0.365. The molecule has 2 aliphatic rings. The second-order valence-corrected chi connectivity index (χ2v) is 4.00. The molecule has 15 heavy (non-hydrogen) atoms. The van der Waals surface area contributed by atoms with Gasteiger partial charge in [-0.15, -0.1) is 0 Å². The molecule has 0 unspecified atom stereocenters. The topological polar surface area (TPSA) is 58.6 Å². The highest BCUT2D eigenvalue weighted by molar-refractivity contribution is 5.90. The highest BCUT2D eigenvalue weighted by atomic mass is 16.5. The van der Waals surface area contributed by atoms with Crippen LogP contribution in [0.5, 0.6) is 0 Å². The van der Waals surface area contributed by atoms with Gasteiger partial charge in [0.05, 0.1) is 0 Å². The highest BCUT2D eigenvalue weighted by Gasteiger charge is 2.35. The molecule has 84 valence electrons. The second kappa shape index (κ2) is 4.18. The van der Waals surface area contributed by atoms with E-state index in [0.29, 0.717) is 19.7 Å². The number of amides is 2. The molecule has 2 atom stereocenters. The molecule has 2 heterocycles. The smallest absolute Gasteiger partial charge is 0.252 e. The molecule has 1 N–H and O–H groups in total. The molecule has 0 aromatic carbocycles. The van der Waals surface area contributed by atoms with Gasteiger partial charge in [0.25, 0.3) is 5.91 Å². The van der Waals surface area contributed by atoms with Crippen LogP contribution in [0.1, 0.15) is 19.8 Å². The number of carbonyl (C=O) groups excluding carboxylic acids is 2. The zero-order valence-electron chi connectivity index (χ0n) is 8.86. The number of rotatable bonds is 1. The van der Waals surface area contributed by atoms with E-state index in [2.05, 4.69) is 5.32 Å². The number of hydrogen-bond donors (Lipinski definition) is 1. The molecule has 2 amide bonds. The van der Waals surface area contributed by atoms with Crippen molar-refractivity contribution >= 4 is 11.8 Å². The predicted molar refractivity (Wildman–Crippen MR) is 53.2 cm³/mol. The normalized spacial score (nSPS) is 31.5. The van der Waals surface area contributed by atoms with Crippen LogP contribution in [0.15, 0.2) is 0 Å². The Bertz CT molecular complexity index is 274. The Morgan fingerprint density at radius 2 is 2.40 bits per heavy atom. The maximum absolute atomic E-state index is 12.0. The fourth-order valence-electron chi connectivity index (χ4n) is 2.04. The maximum Gasteiger partial charge on any atom is 0.252 e. The van der Waals surface area contributed by atoms with Crippen LogP contribution in [0, 0.1) is 0 Å². The third-order valence-corrected chi connectivity index (χ3v) is 2.99. The fraction of sp³-hybridized carbons (Fsp3) is 0.800. The number of carbonyl (C=O) groups is 2. The lowest BCUT2D eigenvalue weighted by atomic mass is 10.1. The largest absolute Gasteiger partial charge is 0.368 e. The lowest BCUT2D eigenvalue weighted by Gasteiger charge is -2.34. The van der Waals surface area contributed by atoms with Gasteiger partial charge >= 0.3 is 0 Å². The quantitative estimate of drug-likeness (QED) is 0.638. The van der Waals surface area contributed by atoms with E-state index >= 15 is 0 Å². The van der Waals surface area contributed by atoms with Crippen molar-refractivity contribution in [3.05, 3.63) is 0 Å². The maximum atomic E-state index is 12.0. The van der Waals surface area contributed by atoms with Gasteiger partial charge in [-0.3, -0.25) is 9.59 Å². The highest BCUT2D eigenvalue weighted by Crippen LogP contribution is 2.17. The molecular formula is C10H16N2O3. The minimum absolute atomic E-state index is 0.0325. The summed E-state index contributed by atoms with van der Waals surface area (Å²) in [7, 11) is 0. The van der Waals surface area contributed by atoms with Crippen LogP contribution in [-0.4, -0.2) is 48.6 Å². The van der Waals surface area contributed by atoms with Crippen molar-refractivity contribution in [1.82, 2.24) is 10.2 Å². The van der Waals surface area contributed by atoms with Crippen LogP contribution in [0.4, 0.5) is 0 Å². The number of nitrogens with one attached hydrogen (secondary N) is 1. The molecule has 5 nitrogen and oxygen atoms in total. The van der Waals surface area contributed by atoms with Gasteiger partial charge in [0.1, 0.15) is 12.1 Å². The lowest BCUT2D eigenvalue weighted by Crippen LogP contribution is -2.57. The molecule has 0 aromatic rings. The molecule has 0 bridgehead atoms. The Morgan fingerprint density at radius 3 is 3.07 bits per heavy atom. The molecule has 5 heteroatoms. The van der Waals surface area contributed by atoms with Crippen LogP contribution >= 0.6 is 0 Å². The second-order valence-electron chi connectivity index (χ2n) is 4.00. The summed E-state index contributed by atoms with van der Waals surface area (Å²) in [6.45, 7) is 3.54. The van der Waals surface area contributed by atoms with Gasteiger partial charge in [0, 0.05) is 19.7 Å². The Balaban J connectivity index is 2.01. The summed E-state index contributed by atoms with van der Waals surface area (Å²) in [5, 5.41) is 2.73. The molecular weight excluding hydrogens is 196 g/mol. The zero-order chi connectivity index (χ0) is 10.8. The molecule has 2 fully saturated rings. The molecule has 2 rings (SSSR count). The van der Waals surface area contributed by atoms with Gasteiger partial charge in [-0.1, -0.05) is 0 Å². The van der Waals surface area contributed by atoms with Crippen molar-refractivity contribution in [3.63, 3.8) is 0 Å². The van der Waals surface area contributed by atoms with Crippen LogP contribution in [0.25, 0.3) is 0 Å². The van der Waals surface area contributed by atoms with Crippen molar-refractivity contribution in [3.8, 4) is 0 Å².